The predicted octanol–water partition coefficient (Wildman–Crippen LogP) is 21.0. The van der Waals surface area contributed by atoms with Gasteiger partial charge in [0, 0.05) is 27.1 Å². The predicted molar refractivity (Wildman–Crippen MR) is 337 cm³/mol. The summed E-state index contributed by atoms with van der Waals surface area (Å²) in [6.45, 7) is 28.2. The van der Waals surface area contributed by atoms with E-state index in [4.69, 9.17) is 15.9 Å². The zero-order chi connectivity index (χ0) is 54.2. The molecular weight excluding hydrogens is 1010 g/mol. The Morgan fingerprint density at radius 1 is 0.308 bits per heavy atom. The highest BCUT2D eigenvalue weighted by molar-refractivity contribution is 9.10. The minimum absolute atomic E-state index is 0.0443. The highest BCUT2D eigenvalue weighted by Gasteiger charge is 2.52. The Kier molecular flexibility index (Phi) is 10.4. The molecule has 0 unspecified atom stereocenters. The molecule has 3 heterocycles. The van der Waals surface area contributed by atoms with Gasteiger partial charge >= 0.3 is 0 Å². The van der Waals surface area contributed by atoms with Crippen LogP contribution in [0, 0.1) is 0 Å². The molecule has 0 saturated heterocycles. The molecule has 0 bridgehead atoms. The molecule has 0 saturated carbocycles. The fourth-order valence-corrected chi connectivity index (χ4v) is 14.5. The van der Waals surface area contributed by atoms with Crippen molar-refractivity contribution >= 4 is 70.3 Å². The molecule has 14 rings (SSSR count). The van der Waals surface area contributed by atoms with Gasteiger partial charge in [-0.2, -0.15) is 0 Å². The smallest absolute Gasteiger partial charge is 0.0755 e. The standard InChI is InChI=1S/C75H67BrN2/c1-71(2,3)45-32-35-64-55(38-45)56-39-46(72(4,5)6)33-36-65(56)77(64)69-59(52-29-21-27-50-49(26-20-28-51(50)52)44-22-14-13-15-23-44)43-63-70(67(69)76)78-66-37-34-47(73(7,8)9)40-57(66)58-41-48(74(10,11)12)42-62(68(58)78)75(63)60-30-18-16-24-53(60)54-25-17-19-31-61(54)75/h13-43H,1-12H3. The van der Waals surface area contributed by atoms with Crippen LogP contribution in [0.3, 0.4) is 0 Å². The second kappa shape index (κ2) is 16.5. The van der Waals surface area contributed by atoms with Gasteiger partial charge in [0.1, 0.15) is 0 Å². The summed E-state index contributed by atoms with van der Waals surface area (Å²) in [4.78, 5) is 0. The van der Waals surface area contributed by atoms with Gasteiger partial charge in [0.2, 0.25) is 0 Å². The Morgan fingerprint density at radius 2 is 0.744 bits per heavy atom. The lowest BCUT2D eigenvalue weighted by atomic mass is 9.64. The Hall–Kier alpha value is -7.46. The maximum Gasteiger partial charge on any atom is 0.0755 e. The molecule has 3 heteroatoms. The minimum atomic E-state index is -0.696. The van der Waals surface area contributed by atoms with Crippen LogP contribution in [0.25, 0.3) is 99.1 Å². The summed E-state index contributed by atoms with van der Waals surface area (Å²) in [6, 6.07) is 73.0. The summed E-state index contributed by atoms with van der Waals surface area (Å²) < 4.78 is 6.35. The minimum Gasteiger partial charge on any atom is -0.307 e. The molecule has 0 atom stereocenters. The molecule has 2 aromatic heterocycles. The van der Waals surface area contributed by atoms with Gasteiger partial charge in [-0.1, -0.05) is 223 Å². The number of fused-ring (bicyclic) bond motifs is 16. The van der Waals surface area contributed by atoms with E-state index in [0.717, 1.165) is 10.2 Å². The van der Waals surface area contributed by atoms with Crippen LogP contribution in [0.1, 0.15) is 128 Å². The zero-order valence-electron chi connectivity index (χ0n) is 47.2. The number of halogens is 1. The van der Waals surface area contributed by atoms with E-state index in [2.05, 4.69) is 280 Å². The summed E-state index contributed by atoms with van der Waals surface area (Å²) in [6.07, 6.45) is 0. The molecule has 1 aliphatic heterocycles. The van der Waals surface area contributed by atoms with E-state index in [1.807, 2.05) is 0 Å². The lowest BCUT2D eigenvalue weighted by molar-refractivity contribution is 0.588. The van der Waals surface area contributed by atoms with E-state index in [1.54, 1.807) is 0 Å². The lowest BCUT2D eigenvalue weighted by Gasteiger charge is -2.41. The highest BCUT2D eigenvalue weighted by atomic mass is 79.9. The fourth-order valence-electron chi connectivity index (χ4n) is 13.7. The molecule has 10 aromatic carbocycles. The van der Waals surface area contributed by atoms with Crippen molar-refractivity contribution in [2.24, 2.45) is 0 Å². The summed E-state index contributed by atoms with van der Waals surface area (Å²) in [5.41, 5.74) is 24.1. The average Bonchev–Trinajstić information content (AvgIpc) is 3.72. The number of hydrogen-bond acceptors (Lipinski definition) is 0. The van der Waals surface area contributed by atoms with Crippen molar-refractivity contribution in [3.63, 3.8) is 0 Å². The summed E-state index contributed by atoms with van der Waals surface area (Å²) in [5.74, 6) is 0. The first-order chi connectivity index (χ1) is 37.2. The number of rotatable bonds is 3. The van der Waals surface area contributed by atoms with Gasteiger partial charge < -0.3 is 9.13 Å². The van der Waals surface area contributed by atoms with Crippen LogP contribution in [0.5, 0.6) is 0 Å². The van der Waals surface area contributed by atoms with Crippen molar-refractivity contribution in [2.75, 3.05) is 0 Å². The molecule has 1 aliphatic carbocycles. The van der Waals surface area contributed by atoms with Gasteiger partial charge in [-0.15, -0.1) is 0 Å². The molecule has 0 radical (unpaired) electrons. The van der Waals surface area contributed by atoms with Crippen LogP contribution in [-0.2, 0) is 27.1 Å². The normalized spacial score (nSPS) is 14.1. The number of nitrogens with zero attached hydrogens (tertiary/aromatic N) is 2. The summed E-state index contributed by atoms with van der Waals surface area (Å²) >= 11 is 4.76. The molecule has 1 spiro atoms. The van der Waals surface area contributed by atoms with Crippen LogP contribution < -0.4 is 0 Å². The number of aromatic nitrogens is 2. The van der Waals surface area contributed by atoms with Crippen molar-refractivity contribution in [2.45, 2.75) is 110 Å². The Balaban J connectivity index is 1.24. The summed E-state index contributed by atoms with van der Waals surface area (Å²) in [7, 11) is 0. The first-order valence-corrected chi connectivity index (χ1v) is 28.8. The monoisotopic (exact) mass is 1070 g/mol. The van der Waals surface area contributed by atoms with Gasteiger partial charge in [-0.3, -0.25) is 0 Å². The molecule has 0 N–H and O–H groups in total. The van der Waals surface area contributed by atoms with E-state index in [1.165, 1.54) is 138 Å². The zero-order valence-corrected chi connectivity index (χ0v) is 48.8. The topological polar surface area (TPSA) is 9.86 Å². The van der Waals surface area contributed by atoms with E-state index < -0.39 is 5.41 Å². The first kappa shape index (κ1) is 48.9. The maximum absolute atomic E-state index is 4.76. The van der Waals surface area contributed by atoms with Crippen molar-refractivity contribution < 1.29 is 0 Å². The van der Waals surface area contributed by atoms with Gasteiger partial charge in [0.15, 0.2) is 0 Å². The van der Waals surface area contributed by atoms with Gasteiger partial charge in [-0.05, 0) is 169 Å². The summed E-state index contributed by atoms with van der Waals surface area (Å²) in [5, 5.41) is 7.56. The Bertz CT molecular complexity index is 4410. The third-order valence-electron chi connectivity index (χ3n) is 17.8. The average molecular weight is 1080 g/mol. The third kappa shape index (κ3) is 6.86. The third-order valence-corrected chi connectivity index (χ3v) is 18.6. The lowest BCUT2D eigenvalue weighted by Crippen LogP contribution is -2.34. The quantitative estimate of drug-likeness (QED) is 0.167. The van der Waals surface area contributed by atoms with Crippen LogP contribution >= 0.6 is 15.9 Å². The Morgan fingerprint density at radius 3 is 1.27 bits per heavy atom. The molecule has 384 valence electrons. The molecule has 0 amide bonds. The highest BCUT2D eigenvalue weighted by Crippen LogP contribution is 2.64. The molecular formula is C75H67BrN2. The van der Waals surface area contributed by atoms with Crippen molar-refractivity contribution in [1.82, 2.24) is 9.13 Å². The van der Waals surface area contributed by atoms with E-state index in [-0.39, 0.29) is 21.7 Å². The Labute approximate surface area is 468 Å². The SMILES string of the molecule is CC(C)(C)c1ccc2c(c1)c1cc(C(C)(C)C)ccc1n2-c1c(-c2cccc3c(-c4ccccc4)cccc23)cc2c(c1Br)-n1c3ccc(C(C)(C)C)cc3c3cc(C(C)(C)C)cc(c31)C21c2ccccc2-c2ccccc21. The fraction of sp³-hybridized carbons (Fsp3) is 0.227. The molecule has 2 aliphatic rings. The van der Waals surface area contributed by atoms with Crippen LogP contribution in [0.4, 0.5) is 0 Å². The maximum atomic E-state index is 4.76. The van der Waals surface area contributed by atoms with E-state index >= 15 is 0 Å². The van der Waals surface area contributed by atoms with E-state index in [0.29, 0.717) is 0 Å². The van der Waals surface area contributed by atoms with Crippen molar-refractivity contribution in [3.8, 4) is 44.8 Å². The van der Waals surface area contributed by atoms with Crippen LogP contribution in [0.2, 0.25) is 0 Å². The van der Waals surface area contributed by atoms with Crippen molar-refractivity contribution in [1.29, 1.82) is 0 Å². The second-order valence-electron chi connectivity index (χ2n) is 26.7. The van der Waals surface area contributed by atoms with E-state index in [9.17, 15) is 0 Å². The number of hydrogen-bond donors (Lipinski definition) is 0. The van der Waals surface area contributed by atoms with Crippen molar-refractivity contribution in [3.05, 3.63) is 237 Å². The molecule has 0 fully saturated rings. The van der Waals surface area contributed by atoms with Gasteiger partial charge in [-0.25, -0.2) is 0 Å². The molecule has 2 nitrogen and oxygen atoms in total. The number of benzene rings is 10. The van der Waals surface area contributed by atoms with Crippen LogP contribution in [0.15, 0.2) is 193 Å². The van der Waals surface area contributed by atoms with Gasteiger partial charge in [0.05, 0.1) is 43.3 Å². The largest absolute Gasteiger partial charge is 0.307 e. The first-order valence-electron chi connectivity index (χ1n) is 28.0. The van der Waals surface area contributed by atoms with Gasteiger partial charge in [0.25, 0.3) is 0 Å². The van der Waals surface area contributed by atoms with Crippen LogP contribution in [-0.4, -0.2) is 9.13 Å². The molecule has 12 aromatic rings. The second-order valence-corrected chi connectivity index (χ2v) is 27.5. The molecule has 78 heavy (non-hydrogen) atoms.